The van der Waals surface area contributed by atoms with Crippen LogP contribution in [0.4, 0.5) is 18.9 Å². The highest BCUT2D eigenvalue weighted by Crippen LogP contribution is 2.34. The van der Waals surface area contributed by atoms with E-state index in [4.69, 9.17) is 11.6 Å². The largest absolute Gasteiger partial charge is 0.416 e. The van der Waals surface area contributed by atoms with Crippen molar-refractivity contribution >= 4 is 52.2 Å². The number of nitrogens with zero attached hydrogens (tertiary/aromatic N) is 3. The second-order valence-electron chi connectivity index (χ2n) is 8.21. The molecule has 2 aromatic heterocycles. The third-order valence-corrected chi connectivity index (χ3v) is 7.49. The molecule has 0 saturated heterocycles. The maximum absolute atomic E-state index is 13.1. The zero-order chi connectivity index (χ0) is 27.4. The van der Waals surface area contributed by atoms with E-state index in [2.05, 4.69) is 20.8 Å². The lowest BCUT2D eigenvalue weighted by Crippen LogP contribution is -2.24. The van der Waals surface area contributed by atoms with Gasteiger partial charge in [0.05, 0.1) is 39.1 Å². The second-order valence-corrected chi connectivity index (χ2v) is 10.5. The molecule has 0 aliphatic rings. The fourth-order valence-electron chi connectivity index (χ4n) is 3.48. The van der Waals surface area contributed by atoms with Gasteiger partial charge in [0, 0.05) is 0 Å². The highest BCUT2D eigenvalue weighted by molar-refractivity contribution is 7.99. The minimum Gasteiger partial charge on any atom is -0.344 e. The Kier molecular flexibility index (Phi) is 8.44. The van der Waals surface area contributed by atoms with Crippen molar-refractivity contribution in [3.8, 4) is 5.69 Å². The van der Waals surface area contributed by atoms with Crippen LogP contribution in [0.25, 0.3) is 5.69 Å². The Bertz CT molecular complexity index is 1470. The number of aryl methyl sites for hydroxylation is 2. The van der Waals surface area contributed by atoms with Gasteiger partial charge in [-0.3, -0.25) is 14.2 Å². The highest BCUT2D eigenvalue weighted by Gasteiger charge is 2.31. The number of alkyl halides is 3. The van der Waals surface area contributed by atoms with E-state index in [0.717, 1.165) is 46.8 Å². The molecule has 0 aliphatic carbocycles. The van der Waals surface area contributed by atoms with E-state index < -0.39 is 17.6 Å². The number of halogens is 4. The van der Waals surface area contributed by atoms with Crippen LogP contribution in [0.5, 0.6) is 0 Å². The van der Waals surface area contributed by atoms with Gasteiger partial charge in [-0.25, -0.2) is 0 Å². The van der Waals surface area contributed by atoms with E-state index in [1.165, 1.54) is 11.3 Å². The molecule has 2 amide bonds. The molecule has 4 rings (SSSR count). The molecule has 198 valence electrons. The number of carbonyl (C=O) groups excluding carboxylic acids is 2. The first-order valence-electron chi connectivity index (χ1n) is 11.2. The van der Waals surface area contributed by atoms with Gasteiger partial charge in [0.15, 0.2) is 11.0 Å². The van der Waals surface area contributed by atoms with Crippen LogP contribution >= 0.6 is 34.7 Å². The molecule has 2 heterocycles. The molecule has 13 heteroatoms. The standard InChI is InChI=1S/C25H21ClF3N5O2S2/c1-14-5-6-15(2)19(10-14)34-21(12-30-23(36)20-4-3-9-37-20)32-33-24(34)38-13-22(35)31-18-11-16(25(27,28)29)7-8-17(18)26/h3-11H,12-13H2,1-2H3,(H,30,36)(H,31,35). The summed E-state index contributed by atoms with van der Waals surface area (Å²) in [6, 6.07) is 12.1. The normalized spacial score (nSPS) is 11.4. The molecule has 0 spiro atoms. The van der Waals surface area contributed by atoms with Crippen molar-refractivity contribution in [2.75, 3.05) is 11.1 Å². The van der Waals surface area contributed by atoms with Gasteiger partial charge in [0.1, 0.15) is 0 Å². The molecule has 0 radical (unpaired) electrons. The molecular formula is C25H21ClF3N5O2S2. The Labute approximate surface area is 229 Å². The molecule has 0 unspecified atom stereocenters. The molecule has 0 saturated carbocycles. The average molecular weight is 580 g/mol. The van der Waals surface area contributed by atoms with Crippen LogP contribution in [0, 0.1) is 13.8 Å². The highest BCUT2D eigenvalue weighted by atomic mass is 35.5. The average Bonchev–Trinajstić information content (AvgIpc) is 3.54. The van der Waals surface area contributed by atoms with Gasteiger partial charge in [-0.1, -0.05) is 41.6 Å². The summed E-state index contributed by atoms with van der Waals surface area (Å²) in [4.78, 5) is 25.7. The zero-order valence-corrected chi connectivity index (χ0v) is 22.5. The lowest BCUT2D eigenvalue weighted by Gasteiger charge is -2.14. The number of hydrogen-bond donors (Lipinski definition) is 2. The summed E-state index contributed by atoms with van der Waals surface area (Å²) in [6.07, 6.45) is -4.57. The van der Waals surface area contributed by atoms with Crippen LogP contribution in [0.15, 0.2) is 59.1 Å². The van der Waals surface area contributed by atoms with Gasteiger partial charge >= 0.3 is 6.18 Å². The minimum absolute atomic E-state index is 0.0151. The molecule has 0 bridgehead atoms. The third-order valence-electron chi connectivity index (χ3n) is 5.36. The van der Waals surface area contributed by atoms with E-state index >= 15 is 0 Å². The van der Waals surface area contributed by atoms with Crippen LogP contribution in [-0.4, -0.2) is 32.3 Å². The minimum atomic E-state index is -4.57. The number of benzene rings is 2. The molecule has 0 atom stereocenters. The van der Waals surface area contributed by atoms with Gasteiger partial charge in [-0.2, -0.15) is 13.2 Å². The van der Waals surface area contributed by atoms with Crippen molar-refractivity contribution in [1.29, 1.82) is 0 Å². The van der Waals surface area contributed by atoms with Gasteiger partial charge in [-0.05, 0) is 60.7 Å². The predicted octanol–water partition coefficient (Wildman–Crippen LogP) is 6.28. The maximum Gasteiger partial charge on any atom is 0.416 e. The van der Waals surface area contributed by atoms with Gasteiger partial charge < -0.3 is 10.6 Å². The summed E-state index contributed by atoms with van der Waals surface area (Å²) in [5.41, 5.74) is 1.62. The Morgan fingerprint density at radius 2 is 1.89 bits per heavy atom. The number of anilines is 1. The number of rotatable bonds is 8. The Morgan fingerprint density at radius 3 is 2.61 bits per heavy atom. The van der Waals surface area contributed by atoms with Crippen molar-refractivity contribution in [3.63, 3.8) is 0 Å². The monoisotopic (exact) mass is 579 g/mol. The lowest BCUT2D eigenvalue weighted by molar-refractivity contribution is -0.137. The number of thioether (sulfide) groups is 1. The SMILES string of the molecule is Cc1ccc(C)c(-n2c(CNC(=O)c3cccs3)nnc2SCC(=O)Nc2cc(C(F)(F)F)ccc2Cl)c1. The van der Waals surface area contributed by atoms with Crippen molar-refractivity contribution < 1.29 is 22.8 Å². The van der Waals surface area contributed by atoms with Crippen LogP contribution < -0.4 is 10.6 Å². The smallest absolute Gasteiger partial charge is 0.344 e. The first kappa shape index (κ1) is 27.7. The number of amides is 2. The van der Waals surface area contributed by atoms with Crippen LogP contribution in [0.2, 0.25) is 5.02 Å². The molecule has 2 N–H and O–H groups in total. The Hall–Kier alpha value is -3.35. The zero-order valence-electron chi connectivity index (χ0n) is 20.1. The van der Waals surface area contributed by atoms with Crippen LogP contribution in [-0.2, 0) is 17.5 Å². The topological polar surface area (TPSA) is 88.9 Å². The molecule has 0 fully saturated rings. The Morgan fingerprint density at radius 1 is 1.11 bits per heavy atom. The molecular weight excluding hydrogens is 559 g/mol. The molecule has 38 heavy (non-hydrogen) atoms. The Balaban J connectivity index is 1.54. The van der Waals surface area contributed by atoms with E-state index in [0.29, 0.717) is 15.9 Å². The first-order valence-corrected chi connectivity index (χ1v) is 13.4. The summed E-state index contributed by atoms with van der Waals surface area (Å²) >= 11 is 8.37. The van der Waals surface area contributed by atoms with Crippen molar-refractivity contribution in [2.45, 2.75) is 31.7 Å². The van der Waals surface area contributed by atoms with Crippen LogP contribution in [0.3, 0.4) is 0 Å². The number of carbonyl (C=O) groups is 2. The van der Waals surface area contributed by atoms with E-state index in [1.54, 1.807) is 22.1 Å². The van der Waals surface area contributed by atoms with E-state index in [1.807, 2.05) is 32.0 Å². The van der Waals surface area contributed by atoms with Gasteiger partial charge in [0.2, 0.25) is 5.91 Å². The van der Waals surface area contributed by atoms with E-state index in [-0.39, 0.29) is 28.9 Å². The quantitative estimate of drug-likeness (QED) is 0.240. The molecule has 0 aliphatic heterocycles. The van der Waals surface area contributed by atoms with Gasteiger partial charge in [0.25, 0.3) is 5.91 Å². The van der Waals surface area contributed by atoms with Crippen molar-refractivity contribution in [2.24, 2.45) is 0 Å². The molecule has 2 aromatic carbocycles. The summed E-state index contributed by atoms with van der Waals surface area (Å²) in [5, 5.41) is 15.9. The lowest BCUT2D eigenvalue weighted by atomic mass is 10.1. The van der Waals surface area contributed by atoms with Crippen LogP contribution in [0.1, 0.15) is 32.2 Å². The fourth-order valence-corrected chi connectivity index (χ4v) is 5.05. The summed E-state index contributed by atoms with van der Waals surface area (Å²) in [7, 11) is 0. The van der Waals surface area contributed by atoms with E-state index in [9.17, 15) is 22.8 Å². The van der Waals surface area contributed by atoms with Crippen molar-refractivity contribution in [1.82, 2.24) is 20.1 Å². The predicted molar refractivity (Wildman–Crippen MR) is 142 cm³/mol. The molecule has 7 nitrogen and oxygen atoms in total. The first-order chi connectivity index (χ1) is 18.0. The van der Waals surface area contributed by atoms with Gasteiger partial charge in [-0.15, -0.1) is 21.5 Å². The maximum atomic E-state index is 13.1. The van der Waals surface area contributed by atoms with Crippen molar-refractivity contribution in [3.05, 3.63) is 86.3 Å². The third kappa shape index (κ3) is 6.55. The fraction of sp³-hybridized carbons (Fsp3) is 0.200. The number of thiophene rings is 1. The molecule has 4 aromatic rings. The number of nitrogens with one attached hydrogen (secondary N) is 2. The number of hydrogen-bond acceptors (Lipinski definition) is 6. The number of aromatic nitrogens is 3. The second kappa shape index (κ2) is 11.6. The summed E-state index contributed by atoms with van der Waals surface area (Å²) in [5.74, 6) is -0.536. The summed E-state index contributed by atoms with van der Waals surface area (Å²) in [6.45, 7) is 3.94. The summed E-state index contributed by atoms with van der Waals surface area (Å²) < 4.78 is 40.9.